The summed E-state index contributed by atoms with van der Waals surface area (Å²) in [5, 5.41) is 5.74. The van der Waals surface area contributed by atoms with Gasteiger partial charge in [0.2, 0.25) is 0 Å². The number of nitrogens with one attached hydrogen (secondary N) is 1. The summed E-state index contributed by atoms with van der Waals surface area (Å²) in [6, 6.07) is 0.562. The Morgan fingerprint density at radius 1 is 1.37 bits per heavy atom. The maximum Gasteiger partial charge on any atom is 0.193 e. The molecule has 0 aromatic carbocycles. The topological polar surface area (TPSA) is 29.3 Å². The van der Waals surface area contributed by atoms with E-state index < -0.39 is 0 Å². The van der Waals surface area contributed by atoms with Crippen LogP contribution in [-0.2, 0) is 6.42 Å². The van der Waals surface area contributed by atoms with E-state index in [1.54, 1.807) is 11.3 Å². The molecule has 1 N–H and O–H groups in total. The number of imidazole rings is 1. The Kier molecular flexibility index (Phi) is 5.40. The first kappa shape index (κ1) is 14.5. The second kappa shape index (κ2) is 7.06. The highest BCUT2D eigenvalue weighted by atomic mass is 32.1. The molecule has 1 unspecified atom stereocenters. The Morgan fingerprint density at radius 3 is 2.89 bits per heavy atom. The first-order chi connectivity index (χ1) is 9.19. The minimum Gasteiger partial charge on any atom is -0.314 e. The van der Waals surface area contributed by atoms with E-state index in [1.807, 2.05) is 0 Å². The summed E-state index contributed by atoms with van der Waals surface area (Å²) in [5.41, 5.74) is 1.21. The molecule has 19 heavy (non-hydrogen) atoms. The number of rotatable bonds is 8. The molecule has 0 saturated heterocycles. The van der Waals surface area contributed by atoms with Gasteiger partial charge in [-0.05, 0) is 31.7 Å². The smallest absolute Gasteiger partial charge is 0.193 e. The highest BCUT2D eigenvalue weighted by Gasteiger charge is 2.12. The molecule has 0 spiro atoms. The van der Waals surface area contributed by atoms with E-state index in [4.69, 9.17) is 0 Å². The van der Waals surface area contributed by atoms with E-state index >= 15 is 0 Å². The van der Waals surface area contributed by atoms with Crippen LogP contribution in [0.5, 0.6) is 0 Å². The van der Waals surface area contributed by atoms with Gasteiger partial charge in [0, 0.05) is 30.2 Å². The third-order valence-corrected chi connectivity index (χ3v) is 4.14. The molecule has 1 atom stereocenters. The molecule has 0 radical (unpaired) electrons. The molecule has 2 heterocycles. The van der Waals surface area contributed by atoms with Gasteiger partial charge in [-0.25, -0.2) is 4.98 Å². The lowest BCUT2D eigenvalue weighted by Crippen LogP contribution is -2.32. The van der Waals surface area contributed by atoms with Crippen molar-refractivity contribution in [2.24, 2.45) is 5.92 Å². The summed E-state index contributed by atoms with van der Waals surface area (Å²) in [5.74, 6) is 0.774. The molecule has 4 heteroatoms. The quantitative estimate of drug-likeness (QED) is 0.797. The van der Waals surface area contributed by atoms with Crippen LogP contribution in [0.3, 0.4) is 0 Å². The van der Waals surface area contributed by atoms with Gasteiger partial charge in [0.15, 0.2) is 4.96 Å². The van der Waals surface area contributed by atoms with Crippen LogP contribution in [0.15, 0.2) is 17.8 Å². The van der Waals surface area contributed by atoms with E-state index in [-0.39, 0.29) is 0 Å². The van der Waals surface area contributed by atoms with Gasteiger partial charge in [-0.15, -0.1) is 11.3 Å². The van der Waals surface area contributed by atoms with Gasteiger partial charge in [0.05, 0.1) is 5.69 Å². The average Bonchev–Trinajstić information content (AvgIpc) is 2.93. The Balaban J connectivity index is 1.95. The number of aromatic nitrogens is 2. The third-order valence-electron chi connectivity index (χ3n) is 3.37. The molecular weight excluding hydrogens is 254 g/mol. The molecule has 2 aromatic rings. The van der Waals surface area contributed by atoms with Crippen molar-refractivity contribution < 1.29 is 0 Å². The fraction of sp³-hybridized carbons (Fsp3) is 0.667. The molecule has 0 saturated carbocycles. The standard InChI is InChI=1S/C15H25N3S/c1-4-7-16-13(6-5-12(2)3)10-14-11-18-8-9-19-15(18)17-14/h8-9,11-13,16H,4-7,10H2,1-3H3. The van der Waals surface area contributed by atoms with Crippen molar-refractivity contribution in [2.45, 2.75) is 52.5 Å². The lowest BCUT2D eigenvalue weighted by atomic mass is 10.00. The summed E-state index contributed by atoms with van der Waals surface area (Å²) in [7, 11) is 0. The molecule has 3 nitrogen and oxygen atoms in total. The fourth-order valence-electron chi connectivity index (χ4n) is 2.29. The van der Waals surface area contributed by atoms with E-state index in [2.05, 4.69) is 53.2 Å². The van der Waals surface area contributed by atoms with Gasteiger partial charge < -0.3 is 5.32 Å². The zero-order valence-electron chi connectivity index (χ0n) is 12.2. The van der Waals surface area contributed by atoms with Crippen molar-refractivity contribution in [1.82, 2.24) is 14.7 Å². The average molecular weight is 279 g/mol. The van der Waals surface area contributed by atoms with Gasteiger partial charge in [0.1, 0.15) is 0 Å². The van der Waals surface area contributed by atoms with Crippen LogP contribution in [0.1, 0.15) is 45.7 Å². The second-order valence-corrected chi connectivity index (χ2v) is 6.52. The van der Waals surface area contributed by atoms with E-state index in [0.717, 1.165) is 23.8 Å². The van der Waals surface area contributed by atoms with Crippen LogP contribution in [0, 0.1) is 5.92 Å². The minimum absolute atomic E-state index is 0.562. The van der Waals surface area contributed by atoms with Crippen LogP contribution < -0.4 is 5.32 Å². The first-order valence-electron chi connectivity index (χ1n) is 7.33. The highest BCUT2D eigenvalue weighted by Crippen LogP contribution is 2.15. The van der Waals surface area contributed by atoms with E-state index in [0.29, 0.717) is 6.04 Å². The van der Waals surface area contributed by atoms with Gasteiger partial charge >= 0.3 is 0 Å². The van der Waals surface area contributed by atoms with Gasteiger partial charge in [-0.1, -0.05) is 20.8 Å². The van der Waals surface area contributed by atoms with Crippen molar-refractivity contribution in [3.05, 3.63) is 23.5 Å². The minimum atomic E-state index is 0.562. The normalized spacial score (nSPS) is 13.5. The number of nitrogens with zero attached hydrogens (tertiary/aromatic N) is 2. The Hall–Kier alpha value is -0.870. The van der Waals surface area contributed by atoms with Crippen molar-refractivity contribution in [3.8, 4) is 0 Å². The van der Waals surface area contributed by atoms with E-state index in [1.165, 1.54) is 25.0 Å². The summed E-state index contributed by atoms with van der Waals surface area (Å²) in [4.78, 5) is 5.79. The van der Waals surface area contributed by atoms with Crippen LogP contribution in [0.25, 0.3) is 4.96 Å². The molecule has 0 aliphatic carbocycles. The molecule has 0 amide bonds. The maximum absolute atomic E-state index is 4.69. The Morgan fingerprint density at radius 2 is 2.21 bits per heavy atom. The van der Waals surface area contributed by atoms with Crippen molar-refractivity contribution >= 4 is 16.3 Å². The number of thiazole rings is 1. The molecule has 106 valence electrons. The van der Waals surface area contributed by atoms with Crippen LogP contribution in [-0.4, -0.2) is 22.0 Å². The summed E-state index contributed by atoms with van der Waals surface area (Å²) < 4.78 is 2.12. The summed E-state index contributed by atoms with van der Waals surface area (Å²) in [6.07, 6.45) is 9.00. The van der Waals surface area contributed by atoms with Crippen molar-refractivity contribution in [3.63, 3.8) is 0 Å². The summed E-state index contributed by atoms with van der Waals surface area (Å²) in [6.45, 7) is 7.91. The Bertz CT molecular complexity index is 458. The van der Waals surface area contributed by atoms with Crippen LogP contribution in [0.2, 0.25) is 0 Å². The largest absolute Gasteiger partial charge is 0.314 e. The lowest BCUT2D eigenvalue weighted by Gasteiger charge is -2.18. The highest BCUT2D eigenvalue weighted by molar-refractivity contribution is 7.15. The monoisotopic (exact) mass is 279 g/mol. The SMILES string of the molecule is CCCNC(CCC(C)C)Cc1cn2ccsc2n1. The predicted octanol–water partition coefficient (Wildman–Crippen LogP) is 3.74. The number of fused-ring (bicyclic) bond motifs is 1. The fourth-order valence-corrected chi connectivity index (χ4v) is 3.01. The zero-order chi connectivity index (χ0) is 13.7. The van der Waals surface area contributed by atoms with Gasteiger partial charge in [0.25, 0.3) is 0 Å². The molecule has 0 aliphatic heterocycles. The molecule has 0 fully saturated rings. The molecule has 0 aliphatic rings. The first-order valence-corrected chi connectivity index (χ1v) is 8.21. The number of hydrogen-bond acceptors (Lipinski definition) is 3. The Labute approximate surface area is 120 Å². The zero-order valence-corrected chi connectivity index (χ0v) is 13.0. The molecular formula is C15H25N3S. The van der Waals surface area contributed by atoms with Crippen LogP contribution in [0.4, 0.5) is 0 Å². The van der Waals surface area contributed by atoms with Crippen molar-refractivity contribution in [2.75, 3.05) is 6.54 Å². The predicted molar refractivity (Wildman–Crippen MR) is 82.9 cm³/mol. The number of hydrogen-bond donors (Lipinski definition) is 1. The molecule has 0 bridgehead atoms. The van der Waals surface area contributed by atoms with Gasteiger partial charge in [-0.3, -0.25) is 4.40 Å². The maximum atomic E-state index is 4.69. The van der Waals surface area contributed by atoms with Crippen LogP contribution >= 0.6 is 11.3 Å². The third kappa shape index (κ3) is 4.32. The molecule has 2 aromatic heterocycles. The van der Waals surface area contributed by atoms with Crippen molar-refractivity contribution in [1.29, 1.82) is 0 Å². The summed E-state index contributed by atoms with van der Waals surface area (Å²) >= 11 is 1.70. The van der Waals surface area contributed by atoms with E-state index in [9.17, 15) is 0 Å². The van der Waals surface area contributed by atoms with Gasteiger partial charge in [-0.2, -0.15) is 0 Å². The molecule has 2 rings (SSSR count). The lowest BCUT2D eigenvalue weighted by molar-refractivity contribution is 0.425. The second-order valence-electron chi connectivity index (χ2n) is 5.65.